The van der Waals surface area contributed by atoms with E-state index in [0.29, 0.717) is 36.9 Å². The first-order chi connectivity index (χ1) is 13.6. The summed E-state index contributed by atoms with van der Waals surface area (Å²) in [5.74, 6) is 0.590. The number of hydrogen-bond donors (Lipinski definition) is 2. The molecule has 1 saturated carbocycles. The molecule has 1 aromatic rings. The number of piperidine rings is 1. The molecule has 28 heavy (non-hydrogen) atoms. The molecule has 1 heterocycles. The van der Waals surface area contributed by atoms with E-state index in [9.17, 15) is 13.2 Å². The van der Waals surface area contributed by atoms with Crippen LogP contribution in [-0.2, 0) is 10.0 Å². The molecular formula is C20H31N3O4S. The fourth-order valence-corrected chi connectivity index (χ4v) is 5.30. The van der Waals surface area contributed by atoms with Gasteiger partial charge in [-0.1, -0.05) is 25.7 Å². The van der Waals surface area contributed by atoms with E-state index in [0.717, 1.165) is 32.1 Å². The van der Waals surface area contributed by atoms with Gasteiger partial charge in [-0.2, -0.15) is 4.31 Å². The molecule has 2 amide bonds. The van der Waals surface area contributed by atoms with Gasteiger partial charge >= 0.3 is 6.03 Å². The maximum absolute atomic E-state index is 12.6. The fourth-order valence-electron chi connectivity index (χ4n) is 3.78. The number of nitrogens with one attached hydrogen (secondary N) is 2. The van der Waals surface area contributed by atoms with E-state index in [2.05, 4.69) is 10.6 Å². The third-order valence-electron chi connectivity index (χ3n) is 5.37. The van der Waals surface area contributed by atoms with Gasteiger partial charge in [-0.3, -0.25) is 0 Å². The Kier molecular flexibility index (Phi) is 7.56. The summed E-state index contributed by atoms with van der Waals surface area (Å²) < 4.78 is 32.4. The van der Waals surface area contributed by atoms with Crippen LogP contribution in [0, 0.1) is 0 Å². The molecule has 8 heteroatoms. The Hall–Kier alpha value is -1.80. The first-order valence-electron chi connectivity index (χ1n) is 10.3. The van der Waals surface area contributed by atoms with Gasteiger partial charge in [0, 0.05) is 19.1 Å². The lowest BCUT2D eigenvalue weighted by Gasteiger charge is -2.25. The van der Waals surface area contributed by atoms with Gasteiger partial charge in [-0.15, -0.1) is 0 Å². The molecule has 1 aliphatic carbocycles. The highest BCUT2D eigenvalue weighted by Gasteiger charge is 2.25. The molecule has 0 unspecified atom stereocenters. The minimum Gasteiger partial charge on any atom is -0.492 e. The average Bonchev–Trinajstić information content (AvgIpc) is 2.73. The zero-order valence-corrected chi connectivity index (χ0v) is 17.2. The first kappa shape index (κ1) is 20.9. The number of nitrogens with zero attached hydrogens (tertiary/aromatic N) is 1. The molecule has 1 aliphatic heterocycles. The Labute approximate surface area is 167 Å². The van der Waals surface area contributed by atoms with Crippen LogP contribution in [0.4, 0.5) is 4.79 Å². The topological polar surface area (TPSA) is 87.7 Å². The van der Waals surface area contributed by atoms with Crippen LogP contribution in [0.3, 0.4) is 0 Å². The Morgan fingerprint density at radius 2 is 1.64 bits per heavy atom. The van der Waals surface area contributed by atoms with Crippen LogP contribution >= 0.6 is 0 Å². The maximum Gasteiger partial charge on any atom is 0.315 e. The number of urea groups is 1. The van der Waals surface area contributed by atoms with Gasteiger partial charge in [0.2, 0.25) is 10.0 Å². The van der Waals surface area contributed by atoms with E-state index in [1.54, 1.807) is 28.6 Å². The SMILES string of the molecule is O=C(NCCOc1ccc(S(=O)(=O)N2CCCCC2)cc1)NC1CCCCC1. The van der Waals surface area contributed by atoms with Crippen molar-refractivity contribution in [3.63, 3.8) is 0 Å². The van der Waals surface area contributed by atoms with E-state index in [4.69, 9.17) is 4.74 Å². The van der Waals surface area contributed by atoms with Crippen molar-refractivity contribution in [3.8, 4) is 5.75 Å². The van der Waals surface area contributed by atoms with Crippen LogP contribution in [-0.4, -0.2) is 51.0 Å². The summed E-state index contributed by atoms with van der Waals surface area (Å²) in [5.41, 5.74) is 0. The second kappa shape index (κ2) is 10.1. The van der Waals surface area contributed by atoms with Crippen LogP contribution in [0.5, 0.6) is 5.75 Å². The van der Waals surface area contributed by atoms with Gasteiger partial charge in [0.05, 0.1) is 11.4 Å². The van der Waals surface area contributed by atoms with Crippen LogP contribution in [0.15, 0.2) is 29.2 Å². The molecular weight excluding hydrogens is 378 g/mol. The quantitative estimate of drug-likeness (QED) is 0.678. The Bertz CT molecular complexity index is 724. The molecule has 0 atom stereocenters. The number of hydrogen-bond acceptors (Lipinski definition) is 4. The van der Waals surface area contributed by atoms with Gasteiger partial charge in [0.1, 0.15) is 12.4 Å². The van der Waals surface area contributed by atoms with Crippen molar-refractivity contribution in [2.75, 3.05) is 26.2 Å². The van der Waals surface area contributed by atoms with E-state index in [1.165, 1.54) is 19.3 Å². The second-order valence-corrected chi connectivity index (χ2v) is 9.46. The van der Waals surface area contributed by atoms with E-state index in [1.807, 2.05) is 0 Å². The van der Waals surface area contributed by atoms with Crippen molar-refractivity contribution in [2.24, 2.45) is 0 Å². The normalized spacial score (nSPS) is 19.1. The minimum absolute atomic E-state index is 0.154. The van der Waals surface area contributed by atoms with Gasteiger partial charge in [-0.05, 0) is 49.9 Å². The van der Waals surface area contributed by atoms with Crippen molar-refractivity contribution in [3.05, 3.63) is 24.3 Å². The zero-order valence-electron chi connectivity index (χ0n) is 16.4. The number of benzene rings is 1. The number of carbonyl (C=O) groups is 1. The number of rotatable bonds is 7. The van der Waals surface area contributed by atoms with Gasteiger partial charge in [0.15, 0.2) is 0 Å². The molecule has 0 aromatic heterocycles. The number of amides is 2. The number of ether oxygens (including phenoxy) is 1. The third kappa shape index (κ3) is 5.85. The number of carbonyl (C=O) groups excluding carboxylic acids is 1. The molecule has 0 spiro atoms. The number of sulfonamides is 1. The lowest BCUT2D eigenvalue weighted by Crippen LogP contribution is -2.44. The Balaban J connectivity index is 1.40. The van der Waals surface area contributed by atoms with Crippen molar-refractivity contribution in [1.29, 1.82) is 0 Å². The highest BCUT2D eigenvalue weighted by Crippen LogP contribution is 2.22. The zero-order chi connectivity index (χ0) is 19.8. The maximum atomic E-state index is 12.6. The summed E-state index contributed by atoms with van der Waals surface area (Å²) >= 11 is 0. The summed E-state index contributed by atoms with van der Waals surface area (Å²) in [4.78, 5) is 12.2. The van der Waals surface area contributed by atoms with Crippen molar-refractivity contribution in [1.82, 2.24) is 14.9 Å². The molecule has 2 fully saturated rings. The predicted octanol–water partition coefficient (Wildman–Crippen LogP) is 2.87. The largest absolute Gasteiger partial charge is 0.492 e. The first-order valence-corrected chi connectivity index (χ1v) is 11.8. The summed E-state index contributed by atoms with van der Waals surface area (Å²) in [6, 6.07) is 6.63. The van der Waals surface area contributed by atoms with Crippen LogP contribution in [0.1, 0.15) is 51.4 Å². The summed E-state index contributed by atoms with van der Waals surface area (Å²) in [5, 5.41) is 5.80. The molecule has 3 rings (SSSR count). The molecule has 2 aliphatic rings. The summed E-state index contributed by atoms with van der Waals surface area (Å²) in [6.45, 7) is 1.91. The summed E-state index contributed by atoms with van der Waals surface area (Å²) in [6.07, 6.45) is 8.64. The molecule has 2 N–H and O–H groups in total. The lowest BCUT2D eigenvalue weighted by molar-refractivity contribution is 0.228. The molecule has 0 radical (unpaired) electrons. The van der Waals surface area contributed by atoms with Crippen LogP contribution in [0.2, 0.25) is 0 Å². The molecule has 1 saturated heterocycles. The predicted molar refractivity (Wildman–Crippen MR) is 108 cm³/mol. The third-order valence-corrected chi connectivity index (χ3v) is 7.29. The van der Waals surface area contributed by atoms with Gasteiger partial charge in [-0.25, -0.2) is 13.2 Å². The highest BCUT2D eigenvalue weighted by molar-refractivity contribution is 7.89. The summed E-state index contributed by atoms with van der Waals surface area (Å²) in [7, 11) is -3.42. The van der Waals surface area contributed by atoms with E-state index in [-0.39, 0.29) is 12.1 Å². The van der Waals surface area contributed by atoms with Crippen molar-refractivity contribution >= 4 is 16.1 Å². The van der Waals surface area contributed by atoms with Gasteiger partial charge < -0.3 is 15.4 Å². The van der Waals surface area contributed by atoms with Crippen molar-refractivity contribution < 1.29 is 17.9 Å². The van der Waals surface area contributed by atoms with Crippen LogP contribution < -0.4 is 15.4 Å². The smallest absolute Gasteiger partial charge is 0.315 e. The van der Waals surface area contributed by atoms with E-state index >= 15 is 0 Å². The van der Waals surface area contributed by atoms with Crippen molar-refractivity contribution in [2.45, 2.75) is 62.3 Å². The molecule has 0 bridgehead atoms. The fraction of sp³-hybridized carbons (Fsp3) is 0.650. The molecule has 156 valence electrons. The molecule has 7 nitrogen and oxygen atoms in total. The minimum atomic E-state index is -3.42. The van der Waals surface area contributed by atoms with Gasteiger partial charge in [0.25, 0.3) is 0 Å². The highest BCUT2D eigenvalue weighted by atomic mass is 32.2. The average molecular weight is 410 g/mol. The van der Waals surface area contributed by atoms with E-state index < -0.39 is 10.0 Å². The molecule has 1 aromatic carbocycles. The Morgan fingerprint density at radius 1 is 1.00 bits per heavy atom. The van der Waals surface area contributed by atoms with Crippen LogP contribution in [0.25, 0.3) is 0 Å². The Morgan fingerprint density at radius 3 is 2.32 bits per heavy atom. The standard InChI is InChI=1S/C20H31N3O4S/c24-20(22-17-7-3-1-4-8-17)21-13-16-27-18-9-11-19(12-10-18)28(25,26)23-14-5-2-6-15-23/h9-12,17H,1-8,13-16H2,(H2,21,22,24). The second-order valence-electron chi connectivity index (χ2n) is 7.52. The monoisotopic (exact) mass is 409 g/mol. The lowest BCUT2D eigenvalue weighted by atomic mass is 9.96.